The largest absolute Gasteiger partial charge is 0.432 e. The van der Waals surface area contributed by atoms with E-state index in [0.29, 0.717) is 0 Å². The molecule has 0 spiro atoms. The average molecular weight is 325 g/mol. The average Bonchev–Trinajstić information content (AvgIpc) is 2.27. The quantitative estimate of drug-likeness (QED) is 0.836. The molecular formula is C10H8BrF3N2O2. The first-order valence-corrected chi connectivity index (χ1v) is 5.45. The molecule has 0 unspecified atom stereocenters. The van der Waals surface area contributed by atoms with E-state index in [4.69, 9.17) is 0 Å². The zero-order valence-electron chi connectivity index (χ0n) is 8.90. The van der Waals surface area contributed by atoms with Gasteiger partial charge in [-0.2, -0.15) is 13.2 Å². The highest BCUT2D eigenvalue weighted by atomic mass is 79.9. The maximum Gasteiger partial charge on any atom is 0.432 e. The number of carbonyl (C=O) groups is 1. The third-order valence-corrected chi connectivity index (χ3v) is 2.55. The molecule has 0 aliphatic carbocycles. The van der Waals surface area contributed by atoms with Crippen molar-refractivity contribution in [2.45, 2.75) is 6.18 Å². The molecule has 98 valence electrons. The lowest BCUT2D eigenvalue weighted by Crippen LogP contribution is -2.31. The van der Waals surface area contributed by atoms with Gasteiger partial charge in [0.05, 0.1) is 0 Å². The normalized spacial score (nSPS) is 11.1. The van der Waals surface area contributed by atoms with Crippen LogP contribution in [0.3, 0.4) is 0 Å². The van der Waals surface area contributed by atoms with Gasteiger partial charge in [0, 0.05) is 11.0 Å². The Morgan fingerprint density at radius 3 is 2.67 bits per heavy atom. The van der Waals surface area contributed by atoms with Crippen LogP contribution in [0, 0.1) is 0 Å². The van der Waals surface area contributed by atoms with Crippen LogP contribution in [-0.4, -0.2) is 17.4 Å². The fourth-order valence-electron chi connectivity index (χ4n) is 1.14. The van der Waals surface area contributed by atoms with Crippen molar-refractivity contribution in [2.24, 2.45) is 0 Å². The second-order valence-corrected chi connectivity index (χ2v) is 4.09. The number of hydrogen-bond donors (Lipinski definition) is 2. The summed E-state index contributed by atoms with van der Waals surface area (Å²) in [6.07, 6.45) is -3.32. The van der Waals surface area contributed by atoms with Crippen LogP contribution in [0.5, 0.6) is 0 Å². The smallest absolute Gasteiger partial charge is 0.348 e. The molecule has 2 N–H and O–H groups in total. The Labute approximate surface area is 108 Å². The predicted octanol–water partition coefficient (Wildman–Crippen LogP) is 2.07. The van der Waals surface area contributed by atoms with Gasteiger partial charge in [0.15, 0.2) is 0 Å². The number of pyridine rings is 1. The number of alkyl halides is 3. The highest BCUT2D eigenvalue weighted by molar-refractivity contribution is 9.10. The molecule has 0 bridgehead atoms. The van der Waals surface area contributed by atoms with Gasteiger partial charge in [-0.25, -0.2) is 0 Å². The van der Waals surface area contributed by atoms with Crippen molar-refractivity contribution < 1.29 is 18.0 Å². The van der Waals surface area contributed by atoms with Crippen LogP contribution in [-0.2, 0) is 6.18 Å². The number of aromatic amines is 1. The molecule has 0 aliphatic rings. The number of halogens is 4. The number of amides is 1. The molecule has 0 aliphatic heterocycles. The van der Waals surface area contributed by atoms with Gasteiger partial charge in [0.2, 0.25) is 0 Å². The number of hydrogen-bond acceptors (Lipinski definition) is 2. The van der Waals surface area contributed by atoms with E-state index in [1.54, 1.807) is 4.98 Å². The Hall–Kier alpha value is -1.57. The summed E-state index contributed by atoms with van der Waals surface area (Å²) in [5.74, 6) is -0.773. The molecule has 0 saturated carbocycles. The third-order valence-electron chi connectivity index (χ3n) is 1.93. The molecule has 0 saturated heterocycles. The standard InChI is InChI=1S/C10H8BrF3N2O2/c1-2-3-15-8(17)5-4-6(11)7(10(12,13)14)16-9(5)18/h2,4H,1,3H2,(H,15,17)(H,16,18). The van der Waals surface area contributed by atoms with Gasteiger partial charge < -0.3 is 10.3 Å². The summed E-state index contributed by atoms with van der Waals surface area (Å²) in [6.45, 7) is 3.46. The predicted molar refractivity (Wildman–Crippen MR) is 62.3 cm³/mol. The van der Waals surface area contributed by atoms with E-state index < -0.39 is 33.4 Å². The van der Waals surface area contributed by atoms with Crippen molar-refractivity contribution in [1.29, 1.82) is 0 Å². The van der Waals surface area contributed by atoms with Crippen molar-refractivity contribution in [2.75, 3.05) is 6.54 Å². The van der Waals surface area contributed by atoms with E-state index >= 15 is 0 Å². The van der Waals surface area contributed by atoms with Crippen molar-refractivity contribution >= 4 is 21.8 Å². The number of aromatic nitrogens is 1. The fraction of sp³-hybridized carbons (Fsp3) is 0.200. The zero-order valence-corrected chi connectivity index (χ0v) is 10.5. The molecule has 8 heteroatoms. The summed E-state index contributed by atoms with van der Waals surface area (Å²) >= 11 is 2.66. The molecule has 1 aromatic rings. The minimum absolute atomic E-state index is 0.108. The lowest BCUT2D eigenvalue weighted by atomic mass is 10.2. The maximum atomic E-state index is 12.5. The molecule has 0 atom stereocenters. The second kappa shape index (κ2) is 5.38. The number of H-pyrrole nitrogens is 1. The van der Waals surface area contributed by atoms with Crippen LogP contribution in [0.25, 0.3) is 0 Å². The highest BCUT2D eigenvalue weighted by Gasteiger charge is 2.35. The number of rotatable bonds is 3. The zero-order chi connectivity index (χ0) is 13.9. The third kappa shape index (κ3) is 3.22. The second-order valence-electron chi connectivity index (χ2n) is 3.23. The van der Waals surface area contributed by atoms with Crippen LogP contribution >= 0.6 is 15.9 Å². The summed E-state index contributed by atoms with van der Waals surface area (Å²) in [7, 11) is 0. The molecule has 0 aromatic carbocycles. The van der Waals surface area contributed by atoms with Crippen molar-refractivity contribution in [3.8, 4) is 0 Å². The van der Waals surface area contributed by atoms with E-state index in [-0.39, 0.29) is 6.54 Å². The maximum absolute atomic E-state index is 12.5. The Morgan fingerprint density at radius 1 is 1.56 bits per heavy atom. The van der Waals surface area contributed by atoms with Gasteiger partial charge in [-0.3, -0.25) is 9.59 Å². The highest BCUT2D eigenvalue weighted by Crippen LogP contribution is 2.32. The van der Waals surface area contributed by atoms with E-state index in [1.165, 1.54) is 6.08 Å². The Bertz CT molecular complexity index is 537. The Kier molecular flexibility index (Phi) is 4.33. The summed E-state index contributed by atoms with van der Waals surface area (Å²) in [4.78, 5) is 24.5. The summed E-state index contributed by atoms with van der Waals surface area (Å²) in [5.41, 5.74) is -2.74. The van der Waals surface area contributed by atoms with Crippen molar-refractivity contribution in [3.05, 3.63) is 44.8 Å². The molecule has 18 heavy (non-hydrogen) atoms. The Morgan fingerprint density at radius 2 is 2.17 bits per heavy atom. The lowest BCUT2D eigenvalue weighted by Gasteiger charge is -2.09. The number of carbonyl (C=O) groups excluding carboxylic acids is 1. The SMILES string of the molecule is C=CCNC(=O)c1cc(Br)c(C(F)(F)F)[nH]c1=O. The van der Waals surface area contributed by atoms with Crippen molar-refractivity contribution in [3.63, 3.8) is 0 Å². The molecule has 1 rings (SSSR count). The van der Waals surface area contributed by atoms with Crippen LogP contribution in [0.2, 0.25) is 0 Å². The van der Waals surface area contributed by atoms with Crippen LogP contribution in [0.4, 0.5) is 13.2 Å². The molecular weight excluding hydrogens is 317 g/mol. The van der Waals surface area contributed by atoms with Gasteiger partial charge in [0.25, 0.3) is 11.5 Å². The molecule has 0 radical (unpaired) electrons. The van der Waals surface area contributed by atoms with Gasteiger partial charge in [-0.15, -0.1) is 6.58 Å². The summed E-state index contributed by atoms with van der Waals surface area (Å²) in [6, 6.07) is 0.833. The minimum atomic E-state index is -4.70. The molecule has 1 heterocycles. The van der Waals surface area contributed by atoms with E-state index in [2.05, 4.69) is 27.8 Å². The van der Waals surface area contributed by atoms with Crippen LogP contribution in [0.15, 0.2) is 28.0 Å². The van der Waals surface area contributed by atoms with E-state index in [9.17, 15) is 22.8 Å². The first kappa shape index (κ1) is 14.5. The topological polar surface area (TPSA) is 62.0 Å². The van der Waals surface area contributed by atoms with Crippen LogP contribution < -0.4 is 10.9 Å². The Balaban J connectivity index is 3.20. The minimum Gasteiger partial charge on any atom is -0.348 e. The monoisotopic (exact) mass is 324 g/mol. The van der Waals surface area contributed by atoms with Gasteiger partial charge in [-0.1, -0.05) is 6.08 Å². The molecule has 0 fully saturated rings. The lowest BCUT2D eigenvalue weighted by molar-refractivity contribution is -0.142. The van der Waals surface area contributed by atoms with Crippen LogP contribution in [0.1, 0.15) is 16.1 Å². The summed E-state index contributed by atoms with van der Waals surface area (Å²) < 4.78 is 36.9. The van der Waals surface area contributed by atoms with Gasteiger partial charge >= 0.3 is 6.18 Å². The van der Waals surface area contributed by atoms with Gasteiger partial charge in [-0.05, 0) is 22.0 Å². The van der Waals surface area contributed by atoms with Crippen molar-refractivity contribution in [1.82, 2.24) is 10.3 Å². The molecule has 1 aromatic heterocycles. The molecule has 1 amide bonds. The fourth-order valence-corrected chi connectivity index (χ4v) is 1.69. The first-order chi connectivity index (χ1) is 8.27. The number of nitrogens with one attached hydrogen (secondary N) is 2. The first-order valence-electron chi connectivity index (χ1n) is 4.66. The van der Waals surface area contributed by atoms with E-state index in [0.717, 1.165) is 6.07 Å². The molecule has 4 nitrogen and oxygen atoms in total. The summed E-state index contributed by atoms with van der Waals surface area (Å²) in [5, 5.41) is 2.30. The van der Waals surface area contributed by atoms with E-state index in [1.807, 2.05) is 0 Å². The van der Waals surface area contributed by atoms with Gasteiger partial charge in [0.1, 0.15) is 11.3 Å².